The molecule has 21 nitrogen and oxygen atoms in total. The van der Waals surface area contributed by atoms with Gasteiger partial charge in [0.15, 0.2) is 47.1 Å². The van der Waals surface area contributed by atoms with E-state index in [9.17, 15) is 28.5 Å². The molecule has 4 aromatic rings. The van der Waals surface area contributed by atoms with Crippen molar-refractivity contribution in [1.82, 2.24) is 39.0 Å². The van der Waals surface area contributed by atoms with Crippen LogP contribution in [-0.2, 0) is 32.2 Å². The molecule has 10 atom stereocenters. The van der Waals surface area contributed by atoms with E-state index in [0.717, 1.165) is 21.8 Å². The third kappa shape index (κ3) is 5.32. The van der Waals surface area contributed by atoms with Gasteiger partial charge in [0.1, 0.15) is 18.3 Å². The van der Waals surface area contributed by atoms with E-state index >= 15 is 8.78 Å². The highest BCUT2D eigenvalue weighted by Gasteiger charge is 2.54. The van der Waals surface area contributed by atoms with Crippen LogP contribution in [0.3, 0.4) is 0 Å². The summed E-state index contributed by atoms with van der Waals surface area (Å²) in [6.45, 7) is -0.936. The Morgan fingerprint density at radius 3 is 1.89 bits per heavy atom. The normalized spacial score (nSPS) is 37.1. The summed E-state index contributed by atoms with van der Waals surface area (Å²) >= 11 is 0. The molecule has 3 aliphatic rings. The predicted octanol–water partition coefficient (Wildman–Crippen LogP) is -0.635. The number of hydrogen-bond donors (Lipinski definition) is 6. The molecule has 248 valence electrons. The van der Waals surface area contributed by atoms with Gasteiger partial charge in [-0.1, -0.05) is 0 Å². The Kier molecular flexibility index (Phi) is 7.38. The van der Waals surface area contributed by atoms with Crippen LogP contribution in [0.1, 0.15) is 18.9 Å². The van der Waals surface area contributed by atoms with E-state index in [1.54, 1.807) is 0 Å². The SMILES string of the molecule is Nc1nc2c(ncn2[C@@H]2O[C@@H]3CCP(=O)(O)OC4[C@@H](COP(=O)(O)O[C@@H]3C2F)O[C@@H](n2cnc3c(=O)[nH]c(N)nc32)[C@H]4F)c(=O)[nH]1. The Morgan fingerprint density at radius 2 is 1.35 bits per heavy atom. The molecule has 4 unspecified atom stereocenters. The molecule has 4 aromatic heterocycles. The highest BCUT2D eigenvalue weighted by atomic mass is 31.2. The third-order valence-electron chi connectivity index (χ3n) is 7.62. The molecule has 0 radical (unpaired) electrons. The molecule has 0 spiro atoms. The molecular weight excluding hydrogens is 668 g/mol. The van der Waals surface area contributed by atoms with Gasteiger partial charge in [-0.15, -0.1) is 0 Å². The maximum absolute atomic E-state index is 15.9. The fourth-order valence-electron chi connectivity index (χ4n) is 5.60. The zero-order valence-corrected chi connectivity index (χ0v) is 24.7. The summed E-state index contributed by atoms with van der Waals surface area (Å²) in [4.78, 5) is 65.8. The summed E-state index contributed by atoms with van der Waals surface area (Å²) in [5.41, 5.74) is 8.98. The fourth-order valence-corrected chi connectivity index (χ4v) is 7.87. The zero-order valence-electron chi connectivity index (χ0n) is 23.0. The lowest BCUT2D eigenvalue weighted by Crippen LogP contribution is -2.36. The molecule has 8 N–H and O–H groups in total. The van der Waals surface area contributed by atoms with Gasteiger partial charge in [0.05, 0.1) is 31.5 Å². The first kappa shape index (κ1) is 31.0. The van der Waals surface area contributed by atoms with E-state index in [4.69, 9.17) is 34.5 Å². The first-order valence-corrected chi connectivity index (χ1v) is 16.7. The Balaban J connectivity index is 1.18. The summed E-state index contributed by atoms with van der Waals surface area (Å²) in [6.07, 6.45) is -13.7. The molecule has 3 saturated heterocycles. The van der Waals surface area contributed by atoms with Crippen molar-refractivity contribution in [3.63, 3.8) is 0 Å². The van der Waals surface area contributed by atoms with Crippen molar-refractivity contribution < 1.29 is 50.7 Å². The van der Waals surface area contributed by atoms with Crippen LogP contribution in [-0.4, -0.2) is 98.4 Å². The molecule has 7 heterocycles. The van der Waals surface area contributed by atoms with Gasteiger partial charge in [-0.3, -0.25) is 46.8 Å². The number of nitrogens with one attached hydrogen (secondary N) is 2. The van der Waals surface area contributed by atoms with E-state index in [1.165, 1.54) is 0 Å². The van der Waals surface area contributed by atoms with Crippen LogP contribution in [0.15, 0.2) is 22.2 Å². The smallest absolute Gasteiger partial charge is 0.369 e. The van der Waals surface area contributed by atoms with Crippen LogP contribution >= 0.6 is 15.4 Å². The van der Waals surface area contributed by atoms with Gasteiger partial charge in [0.2, 0.25) is 11.9 Å². The van der Waals surface area contributed by atoms with Crippen LogP contribution in [0.5, 0.6) is 0 Å². The second-order valence-corrected chi connectivity index (χ2v) is 14.0. The average molecular weight is 692 g/mol. The average Bonchev–Trinajstić information content (AvgIpc) is 3.72. The lowest BCUT2D eigenvalue weighted by atomic mass is 10.1. The number of aromatic nitrogens is 8. The lowest BCUT2D eigenvalue weighted by molar-refractivity contribution is -0.0513. The number of alkyl halides is 2. The number of ether oxygens (including phenoxy) is 2. The van der Waals surface area contributed by atoms with Crippen molar-refractivity contribution >= 4 is 49.6 Å². The minimum atomic E-state index is -5.16. The van der Waals surface area contributed by atoms with Gasteiger partial charge in [-0.25, -0.2) is 23.3 Å². The molecular formula is C21H24F2N10O11P2. The monoisotopic (exact) mass is 692 g/mol. The van der Waals surface area contributed by atoms with Gasteiger partial charge < -0.3 is 30.7 Å². The molecule has 46 heavy (non-hydrogen) atoms. The Morgan fingerprint density at radius 1 is 0.848 bits per heavy atom. The van der Waals surface area contributed by atoms with E-state index in [1.807, 2.05) is 0 Å². The van der Waals surface area contributed by atoms with Gasteiger partial charge in [0, 0.05) is 0 Å². The molecule has 0 saturated carbocycles. The summed E-state index contributed by atoms with van der Waals surface area (Å²) < 4.78 is 87.0. The number of fused-ring (bicyclic) bond motifs is 4. The van der Waals surface area contributed by atoms with E-state index < -0.39 is 94.9 Å². The molecule has 25 heteroatoms. The maximum atomic E-state index is 15.9. The van der Waals surface area contributed by atoms with Crippen molar-refractivity contribution in [2.24, 2.45) is 0 Å². The first-order chi connectivity index (χ1) is 21.7. The summed E-state index contributed by atoms with van der Waals surface area (Å²) in [5.74, 6) is -0.619. The summed E-state index contributed by atoms with van der Waals surface area (Å²) in [7, 11) is -9.88. The topological polar surface area (TPSA) is 300 Å². The van der Waals surface area contributed by atoms with Crippen molar-refractivity contribution in [2.45, 2.75) is 55.6 Å². The lowest BCUT2D eigenvalue weighted by Gasteiger charge is -2.27. The van der Waals surface area contributed by atoms with Crippen LogP contribution in [0.4, 0.5) is 20.7 Å². The van der Waals surface area contributed by atoms with Crippen molar-refractivity contribution in [2.75, 3.05) is 24.2 Å². The highest BCUT2D eigenvalue weighted by Crippen LogP contribution is 2.54. The first-order valence-electron chi connectivity index (χ1n) is 13.4. The van der Waals surface area contributed by atoms with Gasteiger partial charge in [0.25, 0.3) is 11.1 Å². The van der Waals surface area contributed by atoms with E-state index in [-0.39, 0.29) is 34.2 Å². The quantitative estimate of drug-likeness (QED) is 0.142. The second kappa shape index (κ2) is 11.0. The number of rotatable bonds is 2. The number of nitrogen functional groups attached to an aromatic ring is 2. The maximum Gasteiger partial charge on any atom is 0.472 e. The molecule has 0 aromatic carbocycles. The Labute approximate surface area is 253 Å². The van der Waals surface area contributed by atoms with Gasteiger partial charge in [-0.2, -0.15) is 9.97 Å². The number of aromatic amines is 2. The van der Waals surface area contributed by atoms with Crippen molar-refractivity contribution in [3.05, 3.63) is 33.4 Å². The van der Waals surface area contributed by atoms with Crippen LogP contribution in [0.25, 0.3) is 22.3 Å². The number of nitrogens with two attached hydrogens (primary N) is 2. The highest BCUT2D eigenvalue weighted by molar-refractivity contribution is 7.52. The second-order valence-electron chi connectivity index (χ2n) is 10.6. The summed E-state index contributed by atoms with van der Waals surface area (Å²) in [5, 5.41) is 0. The number of phosphoric ester groups is 1. The standard InChI is InChI=1S/C21H24F2N10O11P2/c22-8-12-6(41-18(8)32-4-26-10-14(32)28-20(24)30-16(10)34)1-2-45(36,37)43-13-7(3-40-46(38,39)44-12)42-19(9(13)23)33-5-27-11-15(33)29-21(25)31-17(11)35/h4-9,12-13,18-19H,1-3H2,(H,36,37)(H,38,39)(H3,24,28,30,34)(H3,25,29,31,35)/t6-,7-,8?,9+,12+,13?,18-,19-/m1/s1. The van der Waals surface area contributed by atoms with Crippen molar-refractivity contribution in [1.29, 1.82) is 0 Å². The number of nitrogens with zero attached hydrogens (tertiary/aromatic N) is 6. The minimum Gasteiger partial charge on any atom is -0.369 e. The number of phosphoric acid groups is 1. The van der Waals surface area contributed by atoms with Crippen molar-refractivity contribution in [3.8, 4) is 0 Å². The molecule has 7 rings (SSSR count). The predicted molar refractivity (Wildman–Crippen MR) is 148 cm³/mol. The van der Waals surface area contributed by atoms with Crippen LogP contribution in [0.2, 0.25) is 0 Å². The summed E-state index contributed by atoms with van der Waals surface area (Å²) in [6, 6.07) is 0. The van der Waals surface area contributed by atoms with Gasteiger partial charge in [-0.05, 0) is 6.42 Å². The fraction of sp³-hybridized carbons (Fsp3) is 0.524. The van der Waals surface area contributed by atoms with Gasteiger partial charge >= 0.3 is 15.4 Å². The van der Waals surface area contributed by atoms with E-state index in [0.29, 0.717) is 0 Å². The molecule has 3 aliphatic heterocycles. The molecule has 0 bridgehead atoms. The molecule has 3 fully saturated rings. The van der Waals surface area contributed by atoms with Crippen LogP contribution < -0.4 is 22.6 Å². The zero-order chi connectivity index (χ0) is 32.7. The van der Waals surface area contributed by atoms with E-state index in [2.05, 4.69) is 29.9 Å². The number of imidazole rings is 2. The number of H-pyrrole nitrogens is 2. The third-order valence-corrected chi connectivity index (χ3v) is 10.0. The number of hydrogen-bond acceptors (Lipinski definition) is 15. The molecule has 0 amide bonds. The number of halogens is 2. The number of anilines is 2. The molecule has 0 aliphatic carbocycles. The Bertz CT molecular complexity index is 1910. The minimum absolute atomic E-state index is 0.174. The Hall–Kier alpha value is -3.66. The van der Waals surface area contributed by atoms with Crippen LogP contribution in [0, 0.1) is 0 Å². The largest absolute Gasteiger partial charge is 0.472 e.